The zero-order valence-corrected chi connectivity index (χ0v) is 11.7. The number of hydrogen-bond acceptors (Lipinski definition) is 2. The van der Waals surface area contributed by atoms with Gasteiger partial charge in [0.05, 0.1) is 17.2 Å². The molecule has 0 saturated heterocycles. The molecule has 4 heteroatoms. The molecule has 3 nitrogen and oxygen atoms in total. The maximum Gasteiger partial charge on any atom is 0.179 e. The van der Waals surface area contributed by atoms with E-state index in [2.05, 4.69) is 18.0 Å². The molecule has 0 fully saturated rings. The van der Waals surface area contributed by atoms with Crippen molar-refractivity contribution in [1.29, 1.82) is 0 Å². The van der Waals surface area contributed by atoms with Crippen molar-refractivity contribution in [2.45, 2.75) is 45.2 Å². The van der Waals surface area contributed by atoms with Gasteiger partial charge >= 0.3 is 0 Å². The van der Waals surface area contributed by atoms with Gasteiger partial charge in [-0.05, 0) is 30.8 Å². The van der Waals surface area contributed by atoms with Crippen molar-refractivity contribution in [3.05, 3.63) is 29.0 Å². The van der Waals surface area contributed by atoms with Crippen molar-refractivity contribution in [3.63, 3.8) is 0 Å². The minimum atomic E-state index is -0.0227. The van der Waals surface area contributed by atoms with Gasteiger partial charge < -0.3 is 15.3 Å². The first-order valence-electron chi connectivity index (χ1n) is 6.69. The Labute approximate surface area is 113 Å². The van der Waals surface area contributed by atoms with Crippen molar-refractivity contribution >= 4 is 23.3 Å². The fraction of sp³-hybridized carbons (Fsp3) is 0.500. The second-order valence-corrected chi connectivity index (χ2v) is 5.12. The summed E-state index contributed by atoms with van der Waals surface area (Å²) in [4.78, 5) is 3.21. The highest BCUT2D eigenvalue weighted by molar-refractivity contribution is 7.71. The van der Waals surface area contributed by atoms with E-state index < -0.39 is 0 Å². The molecule has 0 aliphatic carbocycles. The lowest BCUT2D eigenvalue weighted by Crippen LogP contribution is -2.18. The van der Waals surface area contributed by atoms with Crippen LogP contribution in [0.2, 0.25) is 0 Å². The van der Waals surface area contributed by atoms with Crippen LogP contribution >= 0.6 is 12.2 Å². The SMILES string of the molecule is CCCCCCC(N)n1c(=S)[nH]c2ccccc21. The zero-order chi connectivity index (χ0) is 13.0. The molecular formula is C14H21N3S. The van der Waals surface area contributed by atoms with E-state index in [1.165, 1.54) is 19.3 Å². The van der Waals surface area contributed by atoms with Gasteiger partial charge in [-0.15, -0.1) is 0 Å². The number of fused-ring (bicyclic) bond motifs is 1. The molecule has 1 unspecified atom stereocenters. The highest BCUT2D eigenvalue weighted by Gasteiger charge is 2.10. The van der Waals surface area contributed by atoms with Crippen LogP contribution in [0.1, 0.15) is 45.2 Å². The third-order valence-corrected chi connectivity index (χ3v) is 3.61. The van der Waals surface area contributed by atoms with Crippen LogP contribution in [0.5, 0.6) is 0 Å². The Balaban J connectivity index is 2.14. The molecule has 0 aliphatic heterocycles. The molecule has 2 rings (SSSR count). The van der Waals surface area contributed by atoms with Crippen molar-refractivity contribution in [2.24, 2.45) is 5.73 Å². The van der Waals surface area contributed by atoms with E-state index in [0.29, 0.717) is 0 Å². The third kappa shape index (κ3) is 2.82. The number of imidazole rings is 1. The van der Waals surface area contributed by atoms with Gasteiger partial charge in [-0.2, -0.15) is 0 Å². The summed E-state index contributed by atoms with van der Waals surface area (Å²) in [5.74, 6) is 0. The molecule has 98 valence electrons. The highest BCUT2D eigenvalue weighted by Crippen LogP contribution is 2.19. The minimum Gasteiger partial charge on any atom is -0.331 e. The molecule has 0 radical (unpaired) electrons. The lowest BCUT2D eigenvalue weighted by molar-refractivity contribution is 0.459. The predicted octanol–water partition coefficient (Wildman–Crippen LogP) is 4.13. The number of para-hydroxylation sites is 2. The number of H-pyrrole nitrogens is 1. The van der Waals surface area contributed by atoms with Crippen molar-refractivity contribution in [3.8, 4) is 0 Å². The number of benzene rings is 1. The normalized spacial score (nSPS) is 13.0. The van der Waals surface area contributed by atoms with Crippen molar-refractivity contribution in [2.75, 3.05) is 0 Å². The molecule has 1 atom stereocenters. The molecule has 1 heterocycles. The molecule has 2 aromatic rings. The molecule has 18 heavy (non-hydrogen) atoms. The van der Waals surface area contributed by atoms with Crippen LogP contribution in [-0.4, -0.2) is 9.55 Å². The maximum absolute atomic E-state index is 6.26. The number of rotatable bonds is 6. The number of aromatic amines is 1. The van der Waals surface area contributed by atoms with Gasteiger partial charge in [0.25, 0.3) is 0 Å². The van der Waals surface area contributed by atoms with Crippen LogP contribution in [0.3, 0.4) is 0 Å². The Bertz CT molecular complexity index is 555. The monoisotopic (exact) mass is 263 g/mol. The van der Waals surface area contributed by atoms with E-state index in [1.807, 2.05) is 22.8 Å². The fourth-order valence-corrected chi connectivity index (χ4v) is 2.66. The van der Waals surface area contributed by atoms with Gasteiger partial charge in [-0.3, -0.25) is 0 Å². The first-order valence-corrected chi connectivity index (χ1v) is 7.09. The van der Waals surface area contributed by atoms with E-state index in [4.69, 9.17) is 18.0 Å². The molecule has 3 N–H and O–H groups in total. The highest BCUT2D eigenvalue weighted by atomic mass is 32.1. The molecular weight excluding hydrogens is 242 g/mol. The smallest absolute Gasteiger partial charge is 0.179 e. The Hall–Kier alpha value is -1.13. The number of unbranched alkanes of at least 4 members (excludes halogenated alkanes) is 3. The molecule has 0 bridgehead atoms. The van der Waals surface area contributed by atoms with Crippen LogP contribution in [-0.2, 0) is 0 Å². The van der Waals surface area contributed by atoms with Crippen LogP contribution < -0.4 is 5.73 Å². The summed E-state index contributed by atoms with van der Waals surface area (Å²) >= 11 is 5.36. The topological polar surface area (TPSA) is 46.7 Å². The second kappa shape index (κ2) is 6.16. The summed E-state index contributed by atoms with van der Waals surface area (Å²) in [5.41, 5.74) is 8.43. The van der Waals surface area contributed by atoms with Gasteiger partial charge in [-0.25, -0.2) is 0 Å². The van der Waals surface area contributed by atoms with Gasteiger partial charge in [0.1, 0.15) is 0 Å². The summed E-state index contributed by atoms with van der Waals surface area (Å²) in [6.45, 7) is 2.22. The summed E-state index contributed by atoms with van der Waals surface area (Å²) in [6, 6.07) is 8.12. The third-order valence-electron chi connectivity index (χ3n) is 3.31. The zero-order valence-electron chi connectivity index (χ0n) is 10.9. The lowest BCUT2D eigenvalue weighted by Gasteiger charge is -2.14. The standard InChI is InChI=1S/C14H21N3S/c1-2-3-4-5-10-13(15)17-12-9-7-6-8-11(12)16-14(17)18/h6-9,13H,2-5,10,15H2,1H3,(H,16,18). The molecule has 0 saturated carbocycles. The average molecular weight is 263 g/mol. The Morgan fingerprint density at radius 1 is 1.28 bits per heavy atom. The van der Waals surface area contributed by atoms with E-state index in [0.717, 1.165) is 28.6 Å². The maximum atomic E-state index is 6.26. The second-order valence-electron chi connectivity index (χ2n) is 4.73. The Kier molecular flexibility index (Phi) is 4.55. The number of nitrogens with two attached hydrogens (primary N) is 1. The largest absolute Gasteiger partial charge is 0.331 e. The van der Waals surface area contributed by atoms with E-state index in [-0.39, 0.29) is 6.17 Å². The van der Waals surface area contributed by atoms with Gasteiger partial charge in [0.2, 0.25) is 0 Å². The van der Waals surface area contributed by atoms with Crippen molar-refractivity contribution < 1.29 is 0 Å². The molecule has 0 spiro atoms. The van der Waals surface area contributed by atoms with Crippen LogP contribution in [0.4, 0.5) is 0 Å². The van der Waals surface area contributed by atoms with Gasteiger partial charge in [0, 0.05) is 0 Å². The summed E-state index contributed by atoms with van der Waals surface area (Å²) in [5, 5.41) is 0. The Morgan fingerprint density at radius 2 is 2.06 bits per heavy atom. The quantitative estimate of drug-likeness (QED) is 0.608. The molecule has 0 amide bonds. The molecule has 0 aliphatic rings. The predicted molar refractivity (Wildman–Crippen MR) is 79.1 cm³/mol. The van der Waals surface area contributed by atoms with Crippen LogP contribution in [0, 0.1) is 4.77 Å². The van der Waals surface area contributed by atoms with Crippen molar-refractivity contribution in [1.82, 2.24) is 9.55 Å². The van der Waals surface area contributed by atoms with Gasteiger partial charge in [-0.1, -0.05) is 44.7 Å². The number of aromatic nitrogens is 2. The minimum absolute atomic E-state index is 0.0227. The number of hydrogen-bond donors (Lipinski definition) is 2. The average Bonchev–Trinajstić information content (AvgIpc) is 2.70. The lowest BCUT2D eigenvalue weighted by atomic mass is 10.1. The first kappa shape index (κ1) is 13.3. The summed E-state index contributed by atoms with van der Waals surface area (Å²) in [6.07, 6.45) is 5.91. The Morgan fingerprint density at radius 3 is 2.83 bits per heavy atom. The van der Waals surface area contributed by atoms with E-state index in [1.54, 1.807) is 0 Å². The van der Waals surface area contributed by atoms with Crippen LogP contribution in [0.15, 0.2) is 24.3 Å². The van der Waals surface area contributed by atoms with Gasteiger partial charge in [0.15, 0.2) is 4.77 Å². The molecule has 1 aromatic carbocycles. The summed E-state index contributed by atoms with van der Waals surface area (Å²) in [7, 11) is 0. The fourth-order valence-electron chi connectivity index (χ4n) is 2.31. The first-order chi connectivity index (χ1) is 8.74. The van der Waals surface area contributed by atoms with Crippen LogP contribution in [0.25, 0.3) is 11.0 Å². The summed E-state index contributed by atoms with van der Waals surface area (Å²) < 4.78 is 2.76. The van der Waals surface area contributed by atoms with E-state index >= 15 is 0 Å². The number of nitrogens with one attached hydrogen (secondary N) is 1. The van der Waals surface area contributed by atoms with E-state index in [9.17, 15) is 0 Å². The number of nitrogens with zero attached hydrogens (tertiary/aromatic N) is 1. The molecule has 1 aromatic heterocycles.